The topological polar surface area (TPSA) is 59.2 Å². The molecule has 1 aliphatic rings. The summed E-state index contributed by atoms with van der Waals surface area (Å²) in [6, 6.07) is 5.46. The first-order chi connectivity index (χ1) is 10.5. The van der Waals surface area contributed by atoms with Crippen molar-refractivity contribution in [1.29, 1.82) is 0 Å². The van der Waals surface area contributed by atoms with E-state index in [0.717, 1.165) is 23.4 Å². The third kappa shape index (κ3) is 4.41. The monoisotopic (exact) mass is 387 g/mol. The van der Waals surface area contributed by atoms with Crippen molar-refractivity contribution in [3.63, 3.8) is 0 Å². The zero-order valence-corrected chi connectivity index (χ0v) is 16.3. The molecule has 1 heterocycles. The van der Waals surface area contributed by atoms with Crippen LogP contribution in [0.15, 0.2) is 18.2 Å². The quantitative estimate of drug-likeness (QED) is 0.808. The van der Waals surface area contributed by atoms with Gasteiger partial charge in [0.2, 0.25) is 0 Å². The van der Waals surface area contributed by atoms with Crippen LogP contribution in [0.1, 0.15) is 44.3 Å². The highest BCUT2D eigenvalue weighted by Crippen LogP contribution is 2.27. The number of hydrogen-bond acceptors (Lipinski definition) is 4. The molecule has 1 aromatic heterocycles. The highest BCUT2D eigenvalue weighted by atomic mass is 35.5. The number of anilines is 1. The van der Waals surface area contributed by atoms with Gasteiger partial charge in [0.05, 0.1) is 12.2 Å². The zero-order chi connectivity index (χ0) is 15.7. The second kappa shape index (κ2) is 8.70. The molecule has 0 bridgehead atoms. The maximum atomic E-state index is 12.6. The van der Waals surface area contributed by atoms with E-state index in [1.807, 2.05) is 26.1 Å². The molecule has 0 atom stereocenters. The van der Waals surface area contributed by atoms with Crippen molar-refractivity contribution >= 4 is 47.7 Å². The van der Waals surface area contributed by atoms with E-state index < -0.39 is 0 Å². The van der Waals surface area contributed by atoms with Gasteiger partial charge >= 0.3 is 0 Å². The number of nitrogens with two attached hydrogens (primary N) is 1. The van der Waals surface area contributed by atoms with Crippen LogP contribution in [0.25, 0.3) is 0 Å². The second-order valence-electron chi connectivity index (χ2n) is 5.92. The molecule has 132 valence electrons. The Kier molecular flexibility index (Phi) is 7.52. The number of halogens is 2. The molecule has 7 heteroatoms. The van der Waals surface area contributed by atoms with Crippen molar-refractivity contribution in [2.45, 2.75) is 39.2 Å². The van der Waals surface area contributed by atoms with Crippen LogP contribution in [0.2, 0.25) is 0 Å². The molecule has 0 aliphatic heterocycles. The largest absolute Gasteiger partial charge is 0.399 e. The van der Waals surface area contributed by atoms with Crippen LogP contribution in [-0.4, -0.2) is 22.8 Å². The average molecular weight is 388 g/mol. The minimum Gasteiger partial charge on any atom is -0.399 e. The lowest BCUT2D eigenvalue weighted by atomic mass is 10.0. The Labute approximate surface area is 159 Å². The van der Waals surface area contributed by atoms with Gasteiger partial charge in [0.15, 0.2) is 0 Å². The van der Waals surface area contributed by atoms with Crippen LogP contribution in [0, 0.1) is 6.92 Å². The van der Waals surface area contributed by atoms with Gasteiger partial charge in [-0.2, -0.15) is 0 Å². The molecule has 0 spiro atoms. The van der Waals surface area contributed by atoms with E-state index in [1.165, 1.54) is 23.4 Å². The number of nitrogens with zero attached hydrogens (tertiary/aromatic N) is 2. The van der Waals surface area contributed by atoms with Gasteiger partial charge in [-0.1, -0.05) is 6.07 Å². The molecule has 1 aliphatic carbocycles. The maximum Gasteiger partial charge on any atom is 0.254 e. The maximum absolute atomic E-state index is 12.6. The van der Waals surface area contributed by atoms with E-state index in [0.29, 0.717) is 17.8 Å². The van der Waals surface area contributed by atoms with E-state index in [9.17, 15) is 4.79 Å². The number of rotatable bonds is 3. The van der Waals surface area contributed by atoms with E-state index in [1.54, 1.807) is 22.3 Å². The van der Waals surface area contributed by atoms with Crippen molar-refractivity contribution in [1.82, 2.24) is 9.88 Å². The van der Waals surface area contributed by atoms with Crippen molar-refractivity contribution in [3.05, 3.63) is 44.9 Å². The van der Waals surface area contributed by atoms with Crippen molar-refractivity contribution < 1.29 is 4.79 Å². The van der Waals surface area contributed by atoms with Gasteiger partial charge in [-0.25, -0.2) is 4.98 Å². The number of benzene rings is 1. The third-order valence-corrected chi connectivity index (χ3v) is 5.24. The number of carbonyl (C=O) groups is 1. The highest BCUT2D eigenvalue weighted by molar-refractivity contribution is 7.11. The molecule has 4 nitrogen and oxygen atoms in total. The van der Waals surface area contributed by atoms with E-state index in [4.69, 9.17) is 10.7 Å². The Morgan fingerprint density at radius 3 is 2.71 bits per heavy atom. The normalized spacial score (nSPS) is 12.6. The zero-order valence-electron chi connectivity index (χ0n) is 13.9. The van der Waals surface area contributed by atoms with Crippen molar-refractivity contribution in [3.8, 4) is 0 Å². The molecule has 24 heavy (non-hydrogen) atoms. The Balaban J connectivity index is 0.00000144. The number of hydrogen-bond donors (Lipinski definition) is 1. The first-order valence-electron chi connectivity index (χ1n) is 7.63. The van der Waals surface area contributed by atoms with Gasteiger partial charge < -0.3 is 10.6 Å². The van der Waals surface area contributed by atoms with Crippen molar-refractivity contribution in [2.24, 2.45) is 0 Å². The molecule has 0 saturated heterocycles. The molecular formula is C17H23Cl2N3OS. The summed E-state index contributed by atoms with van der Waals surface area (Å²) in [6.45, 7) is 2.49. The Bertz CT molecular complexity index is 694. The number of thiazole rings is 1. The number of amides is 1. The van der Waals surface area contributed by atoms with Crippen LogP contribution < -0.4 is 5.73 Å². The van der Waals surface area contributed by atoms with Crippen molar-refractivity contribution in [2.75, 3.05) is 12.8 Å². The molecule has 1 amide bonds. The summed E-state index contributed by atoms with van der Waals surface area (Å²) in [5.41, 5.74) is 9.28. The molecule has 3 rings (SSSR count). The Morgan fingerprint density at radius 2 is 2.00 bits per heavy atom. The molecule has 2 N–H and O–H groups in total. The number of aromatic nitrogens is 1. The fraction of sp³-hybridized carbons (Fsp3) is 0.412. The lowest BCUT2D eigenvalue weighted by Gasteiger charge is -2.17. The van der Waals surface area contributed by atoms with Gasteiger partial charge in [0.1, 0.15) is 5.01 Å². The summed E-state index contributed by atoms with van der Waals surface area (Å²) in [7, 11) is 1.82. The van der Waals surface area contributed by atoms with Gasteiger partial charge in [-0.05, 0) is 50.3 Å². The van der Waals surface area contributed by atoms with E-state index >= 15 is 0 Å². The Hall–Kier alpha value is -1.30. The molecule has 0 fully saturated rings. The molecular weight excluding hydrogens is 365 g/mol. The smallest absolute Gasteiger partial charge is 0.254 e. The van der Waals surface area contributed by atoms with Crippen LogP contribution in [-0.2, 0) is 19.4 Å². The summed E-state index contributed by atoms with van der Waals surface area (Å²) in [5, 5.41) is 1.03. The molecule has 0 radical (unpaired) electrons. The lowest BCUT2D eigenvalue weighted by Crippen LogP contribution is -2.27. The van der Waals surface area contributed by atoms with Crippen LogP contribution in [0.5, 0.6) is 0 Å². The number of nitrogen functional groups attached to an aromatic ring is 1. The minimum absolute atomic E-state index is 0. The molecule has 0 saturated carbocycles. The van der Waals surface area contributed by atoms with Gasteiger partial charge in [-0.15, -0.1) is 36.2 Å². The number of aryl methyl sites for hydroxylation is 3. The first-order valence-corrected chi connectivity index (χ1v) is 8.45. The van der Waals surface area contributed by atoms with E-state index in [2.05, 4.69) is 0 Å². The summed E-state index contributed by atoms with van der Waals surface area (Å²) in [6.07, 6.45) is 4.70. The highest BCUT2D eigenvalue weighted by Gasteiger charge is 2.19. The first kappa shape index (κ1) is 20.7. The SMILES string of the molecule is Cc1ccc(N)cc1C(=O)N(C)Cc1nc2c(s1)CCCC2.Cl.Cl. The van der Waals surface area contributed by atoms with E-state index in [-0.39, 0.29) is 30.7 Å². The predicted octanol–water partition coefficient (Wildman–Crippen LogP) is 4.03. The number of fused-ring (bicyclic) bond motifs is 1. The van der Waals surface area contributed by atoms with Crippen LogP contribution >= 0.6 is 36.2 Å². The molecule has 2 aromatic rings. The Morgan fingerprint density at radius 1 is 1.29 bits per heavy atom. The van der Waals surface area contributed by atoms with Gasteiger partial charge in [-0.3, -0.25) is 4.79 Å². The second-order valence-corrected chi connectivity index (χ2v) is 7.09. The summed E-state index contributed by atoms with van der Waals surface area (Å²) < 4.78 is 0. The van der Waals surface area contributed by atoms with Gasteiger partial charge in [0, 0.05) is 23.2 Å². The lowest BCUT2D eigenvalue weighted by molar-refractivity contribution is 0.0784. The average Bonchev–Trinajstić information content (AvgIpc) is 2.91. The number of carbonyl (C=O) groups excluding carboxylic acids is 1. The summed E-state index contributed by atoms with van der Waals surface area (Å²) in [4.78, 5) is 20.5. The summed E-state index contributed by atoms with van der Waals surface area (Å²) >= 11 is 1.75. The third-order valence-electron chi connectivity index (χ3n) is 4.10. The standard InChI is InChI=1S/C17H21N3OS.2ClH/c1-11-7-8-12(18)9-13(11)17(21)20(2)10-16-19-14-5-3-4-6-15(14)22-16;;/h7-9H,3-6,10,18H2,1-2H3;2*1H. The minimum atomic E-state index is -0.00188. The molecule has 1 aromatic carbocycles. The predicted molar refractivity (Wildman–Crippen MR) is 105 cm³/mol. The molecule has 0 unspecified atom stereocenters. The fourth-order valence-corrected chi connectivity index (χ4v) is 4.03. The summed E-state index contributed by atoms with van der Waals surface area (Å²) in [5.74, 6) is -0.00188. The van der Waals surface area contributed by atoms with Crippen LogP contribution in [0.4, 0.5) is 5.69 Å². The van der Waals surface area contributed by atoms with Crippen LogP contribution in [0.3, 0.4) is 0 Å². The van der Waals surface area contributed by atoms with Gasteiger partial charge in [0.25, 0.3) is 5.91 Å². The fourth-order valence-electron chi connectivity index (χ4n) is 2.82.